The zero-order chi connectivity index (χ0) is 10.6. The van der Waals surface area contributed by atoms with Crippen LogP contribution in [0.25, 0.3) is 0 Å². The van der Waals surface area contributed by atoms with Crippen LogP contribution >= 0.6 is 0 Å². The lowest BCUT2D eigenvalue weighted by Crippen LogP contribution is -1.94. The molecule has 3 heteroatoms. The molecule has 0 bridgehead atoms. The SMILES string of the molecule is CCOc1cc(C)c(N=C=O)cc1C. The van der Waals surface area contributed by atoms with Crippen molar-refractivity contribution in [2.75, 3.05) is 6.61 Å². The van der Waals surface area contributed by atoms with Gasteiger partial charge in [-0.05, 0) is 44.0 Å². The summed E-state index contributed by atoms with van der Waals surface area (Å²) >= 11 is 0. The van der Waals surface area contributed by atoms with E-state index in [2.05, 4.69) is 4.99 Å². The van der Waals surface area contributed by atoms with E-state index in [0.29, 0.717) is 12.3 Å². The Labute approximate surface area is 83.4 Å². The van der Waals surface area contributed by atoms with E-state index < -0.39 is 0 Å². The van der Waals surface area contributed by atoms with Crippen LogP contribution in [0.15, 0.2) is 17.1 Å². The van der Waals surface area contributed by atoms with E-state index in [-0.39, 0.29) is 0 Å². The third-order valence-electron chi connectivity index (χ3n) is 1.96. The van der Waals surface area contributed by atoms with Crippen LogP contribution in [0.2, 0.25) is 0 Å². The maximum atomic E-state index is 10.1. The van der Waals surface area contributed by atoms with Crippen molar-refractivity contribution in [3.63, 3.8) is 0 Å². The predicted molar refractivity (Wildman–Crippen MR) is 54.9 cm³/mol. The predicted octanol–water partition coefficient (Wildman–Crippen LogP) is 2.67. The van der Waals surface area contributed by atoms with Gasteiger partial charge in [0, 0.05) is 0 Å². The lowest BCUT2D eigenvalue weighted by atomic mass is 10.1. The molecule has 0 aliphatic heterocycles. The van der Waals surface area contributed by atoms with E-state index in [1.165, 1.54) is 6.08 Å². The van der Waals surface area contributed by atoms with Gasteiger partial charge >= 0.3 is 0 Å². The number of hydrogen-bond acceptors (Lipinski definition) is 3. The number of benzene rings is 1. The fourth-order valence-corrected chi connectivity index (χ4v) is 1.26. The second kappa shape index (κ2) is 4.58. The van der Waals surface area contributed by atoms with Gasteiger partial charge in [0.1, 0.15) is 5.75 Å². The number of carbonyl (C=O) groups excluding carboxylic acids is 1. The van der Waals surface area contributed by atoms with Crippen molar-refractivity contribution in [1.29, 1.82) is 0 Å². The fourth-order valence-electron chi connectivity index (χ4n) is 1.26. The van der Waals surface area contributed by atoms with Crippen LogP contribution < -0.4 is 4.74 Å². The quantitative estimate of drug-likeness (QED) is 0.544. The maximum Gasteiger partial charge on any atom is 0.240 e. The van der Waals surface area contributed by atoms with Crippen LogP contribution in [0.4, 0.5) is 5.69 Å². The third kappa shape index (κ3) is 2.21. The number of aliphatic imine (C=N–C) groups is 1. The standard InChI is InChI=1S/C11H13NO2/c1-4-14-11-6-8(2)10(12-7-13)5-9(11)3/h5-6H,4H2,1-3H3. The Morgan fingerprint density at radius 2 is 2.07 bits per heavy atom. The van der Waals surface area contributed by atoms with Crippen LogP contribution in [0.3, 0.4) is 0 Å². The number of isocyanates is 1. The zero-order valence-corrected chi connectivity index (χ0v) is 8.63. The summed E-state index contributed by atoms with van der Waals surface area (Å²) in [5, 5.41) is 0. The Kier molecular flexibility index (Phi) is 3.43. The minimum absolute atomic E-state index is 0.635. The van der Waals surface area contributed by atoms with Gasteiger partial charge in [-0.25, -0.2) is 4.79 Å². The highest BCUT2D eigenvalue weighted by Gasteiger charge is 2.03. The third-order valence-corrected chi connectivity index (χ3v) is 1.96. The van der Waals surface area contributed by atoms with Crippen molar-refractivity contribution in [2.24, 2.45) is 4.99 Å². The first-order valence-electron chi connectivity index (χ1n) is 4.51. The van der Waals surface area contributed by atoms with Gasteiger partial charge in [0.25, 0.3) is 0 Å². The molecular weight excluding hydrogens is 178 g/mol. The molecule has 0 saturated carbocycles. The zero-order valence-electron chi connectivity index (χ0n) is 8.63. The summed E-state index contributed by atoms with van der Waals surface area (Å²) < 4.78 is 5.41. The summed E-state index contributed by atoms with van der Waals surface area (Å²) in [6.07, 6.45) is 1.54. The molecule has 14 heavy (non-hydrogen) atoms. The van der Waals surface area contributed by atoms with Gasteiger partial charge in [0.15, 0.2) is 0 Å². The summed E-state index contributed by atoms with van der Waals surface area (Å²) in [7, 11) is 0. The highest BCUT2D eigenvalue weighted by Crippen LogP contribution is 2.27. The molecule has 0 N–H and O–H groups in total. The Hall–Kier alpha value is -1.60. The molecule has 0 unspecified atom stereocenters. The Morgan fingerprint density at radius 1 is 1.36 bits per heavy atom. The number of rotatable bonds is 3. The molecule has 0 radical (unpaired) electrons. The van der Waals surface area contributed by atoms with Crippen molar-refractivity contribution >= 4 is 11.8 Å². The van der Waals surface area contributed by atoms with Crippen molar-refractivity contribution in [3.8, 4) is 5.75 Å². The van der Waals surface area contributed by atoms with Crippen LogP contribution in [0, 0.1) is 13.8 Å². The minimum atomic E-state index is 0.635. The van der Waals surface area contributed by atoms with Gasteiger partial charge in [-0.1, -0.05) is 0 Å². The molecule has 0 aromatic heterocycles. The van der Waals surface area contributed by atoms with Crippen molar-refractivity contribution in [1.82, 2.24) is 0 Å². The van der Waals surface area contributed by atoms with Crippen molar-refractivity contribution < 1.29 is 9.53 Å². The number of hydrogen-bond donors (Lipinski definition) is 0. The number of aryl methyl sites for hydroxylation is 2. The second-order valence-corrected chi connectivity index (χ2v) is 3.04. The highest BCUT2D eigenvalue weighted by atomic mass is 16.5. The van der Waals surface area contributed by atoms with Gasteiger partial charge in [-0.15, -0.1) is 0 Å². The molecule has 0 fully saturated rings. The summed E-state index contributed by atoms with van der Waals surface area (Å²) in [5.74, 6) is 0.842. The van der Waals surface area contributed by atoms with E-state index in [4.69, 9.17) is 4.74 Å². The first kappa shape index (κ1) is 10.5. The molecule has 0 spiro atoms. The number of nitrogens with zero attached hydrogens (tertiary/aromatic N) is 1. The van der Waals surface area contributed by atoms with Crippen LogP contribution in [-0.2, 0) is 4.79 Å². The fraction of sp³-hybridized carbons (Fsp3) is 0.364. The topological polar surface area (TPSA) is 38.7 Å². The minimum Gasteiger partial charge on any atom is -0.494 e. The molecule has 1 aromatic rings. The summed E-state index contributed by atoms with van der Waals surface area (Å²) in [4.78, 5) is 13.7. The molecule has 3 nitrogen and oxygen atoms in total. The van der Waals surface area contributed by atoms with E-state index in [0.717, 1.165) is 16.9 Å². The van der Waals surface area contributed by atoms with Gasteiger partial charge in [-0.2, -0.15) is 4.99 Å². The Bertz CT molecular complexity index is 379. The van der Waals surface area contributed by atoms with Gasteiger partial charge in [-0.3, -0.25) is 0 Å². The largest absolute Gasteiger partial charge is 0.494 e. The average Bonchev–Trinajstić information content (AvgIpc) is 2.14. The molecule has 1 rings (SSSR count). The van der Waals surface area contributed by atoms with Gasteiger partial charge < -0.3 is 4.74 Å². The van der Waals surface area contributed by atoms with Crippen LogP contribution in [-0.4, -0.2) is 12.7 Å². The van der Waals surface area contributed by atoms with E-state index >= 15 is 0 Å². The normalized spacial score (nSPS) is 9.36. The first-order chi connectivity index (χ1) is 6.69. The molecular formula is C11H13NO2. The lowest BCUT2D eigenvalue weighted by molar-refractivity contribution is 0.337. The summed E-state index contributed by atoms with van der Waals surface area (Å²) in [6, 6.07) is 3.71. The molecule has 0 saturated heterocycles. The highest BCUT2D eigenvalue weighted by molar-refractivity contribution is 5.57. The second-order valence-electron chi connectivity index (χ2n) is 3.04. The Balaban J connectivity index is 3.16. The van der Waals surface area contributed by atoms with Crippen LogP contribution in [0.5, 0.6) is 5.75 Å². The van der Waals surface area contributed by atoms with Gasteiger partial charge in [0.05, 0.1) is 12.3 Å². The maximum absolute atomic E-state index is 10.1. The molecule has 0 heterocycles. The molecule has 74 valence electrons. The Morgan fingerprint density at radius 3 is 2.64 bits per heavy atom. The summed E-state index contributed by atoms with van der Waals surface area (Å²) in [5.41, 5.74) is 2.55. The van der Waals surface area contributed by atoms with E-state index in [1.54, 1.807) is 0 Å². The monoisotopic (exact) mass is 191 g/mol. The van der Waals surface area contributed by atoms with Gasteiger partial charge in [0.2, 0.25) is 6.08 Å². The molecule has 0 atom stereocenters. The number of ether oxygens (including phenoxy) is 1. The van der Waals surface area contributed by atoms with Crippen molar-refractivity contribution in [3.05, 3.63) is 23.3 Å². The molecule has 0 amide bonds. The average molecular weight is 191 g/mol. The van der Waals surface area contributed by atoms with E-state index in [9.17, 15) is 4.79 Å². The smallest absolute Gasteiger partial charge is 0.240 e. The van der Waals surface area contributed by atoms with E-state index in [1.807, 2.05) is 32.9 Å². The molecule has 1 aromatic carbocycles. The van der Waals surface area contributed by atoms with Crippen molar-refractivity contribution in [2.45, 2.75) is 20.8 Å². The summed E-state index contributed by atoms with van der Waals surface area (Å²) in [6.45, 7) is 6.38. The molecule has 0 aliphatic carbocycles. The first-order valence-corrected chi connectivity index (χ1v) is 4.51. The van der Waals surface area contributed by atoms with Crippen LogP contribution in [0.1, 0.15) is 18.1 Å². The lowest BCUT2D eigenvalue weighted by Gasteiger charge is -2.08. The molecule has 0 aliphatic rings.